The summed E-state index contributed by atoms with van der Waals surface area (Å²) in [6, 6.07) is 26.5. The number of fused-ring (bicyclic) bond motifs is 8. The van der Waals surface area contributed by atoms with Gasteiger partial charge in [-0.1, -0.05) is 42.5 Å². The number of benzene rings is 4. The van der Waals surface area contributed by atoms with Crippen LogP contribution in [0.25, 0.3) is 54.4 Å². The highest BCUT2D eigenvalue weighted by atomic mass is 127. The van der Waals surface area contributed by atoms with Gasteiger partial charge >= 0.3 is 0 Å². The van der Waals surface area contributed by atoms with Crippen molar-refractivity contribution in [2.45, 2.75) is 0 Å². The number of aryl methyl sites for hydroxylation is 1. The second kappa shape index (κ2) is 5.01. The molecule has 3 heteroatoms. The molecule has 26 heavy (non-hydrogen) atoms. The third-order valence-corrected chi connectivity index (χ3v) is 6.65. The van der Waals surface area contributed by atoms with E-state index >= 15 is 0 Å². The Labute approximate surface area is 164 Å². The van der Waals surface area contributed by atoms with E-state index in [2.05, 4.69) is 110 Å². The smallest absolute Gasteiger partial charge is 0.0646 e. The molecule has 0 aliphatic rings. The number of nitrogens with zero attached hydrogens (tertiary/aromatic N) is 2. The fraction of sp³-hybridized carbons (Fsp3) is 0.0435. The van der Waals surface area contributed by atoms with E-state index < -0.39 is 0 Å². The van der Waals surface area contributed by atoms with Crippen molar-refractivity contribution >= 4 is 77.2 Å². The van der Waals surface area contributed by atoms with Crippen LogP contribution in [-0.4, -0.2) is 7.35 Å². The first-order chi connectivity index (χ1) is 12.7. The maximum absolute atomic E-state index is 2.42. The monoisotopic (exact) mass is 446 g/mol. The first kappa shape index (κ1) is 14.6. The van der Waals surface area contributed by atoms with Crippen LogP contribution < -0.4 is 0 Å². The van der Waals surface area contributed by atoms with Crippen LogP contribution in [0.15, 0.2) is 72.8 Å². The van der Waals surface area contributed by atoms with Crippen molar-refractivity contribution in [3.05, 3.63) is 72.8 Å². The molecule has 0 bridgehead atoms. The number of aromatic nitrogens is 2. The Morgan fingerprint density at radius 1 is 0.615 bits per heavy atom. The second-order valence-electron chi connectivity index (χ2n) is 6.93. The van der Waals surface area contributed by atoms with Gasteiger partial charge in [0.2, 0.25) is 0 Å². The Hall–Kier alpha value is -2.53. The summed E-state index contributed by atoms with van der Waals surface area (Å²) in [7, 11) is 2.18. The molecule has 0 amide bonds. The fourth-order valence-corrected chi connectivity index (χ4v) is 5.21. The van der Waals surface area contributed by atoms with Crippen molar-refractivity contribution in [2.24, 2.45) is 7.05 Å². The summed E-state index contributed by atoms with van der Waals surface area (Å²) >= 11 is 2.42. The summed E-state index contributed by atoms with van der Waals surface area (Å²) in [6.07, 6.45) is 0. The Morgan fingerprint density at radius 3 is 2.12 bits per heavy atom. The van der Waals surface area contributed by atoms with Crippen LogP contribution in [-0.2, 0) is 7.05 Å². The molecule has 0 aliphatic carbocycles. The zero-order valence-corrected chi connectivity index (χ0v) is 16.4. The van der Waals surface area contributed by atoms with Gasteiger partial charge in [-0.15, -0.1) is 0 Å². The number of rotatable bonds is 0. The minimum atomic E-state index is 1.27. The van der Waals surface area contributed by atoms with Crippen molar-refractivity contribution in [3.8, 4) is 0 Å². The molecule has 2 aromatic heterocycles. The molecule has 0 saturated heterocycles. The molecule has 0 radical (unpaired) electrons. The summed E-state index contributed by atoms with van der Waals surface area (Å²) in [4.78, 5) is 0. The highest BCUT2D eigenvalue weighted by Crippen LogP contribution is 2.41. The van der Waals surface area contributed by atoms with Gasteiger partial charge in [0.25, 0.3) is 0 Å². The molecule has 0 atom stereocenters. The largest absolute Gasteiger partial charge is 0.344 e. The van der Waals surface area contributed by atoms with E-state index in [9.17, 15) is 0 Å². The maximum atomic E-state index is 2.42. The van der Waals surface area contributed by atoms with Crippen molar-refractivity contribution in [2.75, 3.05) is 0 Å². The van der Waals surface area contributed by atoms with Gasteiger partial charge in [-0.2, -0.15) is 0 Å². The van der Waals surface area contributed by atoms with Gasteiger partial charge in [-0.25, -0.2) is 0 Å². The summed E-state index contributed by atoms with van der Waals surface area (Å²) in [5.41, 5.74) is 5.13. The van der Waals surface area contributed by atoms with E-state index in [-0.39, 0.29) is 0 Å². The average Bonchev–Trinajstić information content (AvgIpc) is 3.13. The predicted octanol–water partition coefficient (Wildman–Crippen LogP) is 6.79. The summed E-state index contributed by atoms with van der Waals surface area (Å²) in [6.45, 7) is 0. The maximum Gasteiger partial charge on any atom is 0.0646 e. The van der Waals surface area contributed by atoms with Crippen molar-refractivity contribution < 1.29 is 0 Å². The topological polar surface area (TPSA) is 9.86 Å². The molecule has 0 spiro atoms. The van der Waals surface area contributed by atoms with E-state index in [0.717, 1.165) is 0 Å². The highest BCUT2D eigenvalue weighted by molar-refractivity contribution is 14.1. The van der Waals surface area contributed by atoms with Crippen LogP contribution in [0.1, 0.15) is 0 Å². The Kier molecular flexibility index (Phi) is 2.82. The summed E-state index contributed by atoms with van der Waals surface area (Å²) in [5, 5.41) is 7.95. The van der Waals surface area contributed by atoms with Crippen molar-refractivity contribution in [1.82, 2.24) is 7.35 Å². The molecular formula is C23H15IN2. The third kappa shape index (κ3) is 1.71. The molecule has 2 heterocycles. The van der Waals surface area contributed by atoms with E-state index in [4.69, 9.17) is 0 Å². The second-order valence-corrected chi connectivity index (χ2v) is 7.89. The first-order valence-electron chi connectivity index (χ1n) is 8.73. The molecule has 0 unspecified atom stereocenters. The average molecular weight is 446 g/mol. The molecule has 6 aromatic rings. The predicted molar refractivity (Wildman–Crippen MR) is 120 cm³/mol. The van der Waals surface area contributed by atoms with E-state index in [1.54, 1.807) is 0 Å². The molecule has 124 valence electrons. The zero-order valence-electron chi connectivity index (χ0n) is 14.2. The standard InChI is InChI=1S/C23H15IN2/c1-25-19-10-11-20-22(16-8-4-5-9-18(16)26(20)24)23(19)17-12-14-6-2-3-7-15(14)13-21(17)25/h2-13H,1H3. The van der Waals surface area contributed by atoms with Gasteiger partial charge in [0.1, 0.15) is 0 Å². The molecular weight excluding hydrogens is 431 g/mol. The van der Waals surface area contributed by atoms with Crippen LogP contribution in [0.3, 0.4) is 0 Å². The first-order valence-corrected chi connectivity index (χ1v) is 9.70. The van der Waals surface area contributed by atoms with Crippen LogP contribution in [0.2, 0.25) is 0 Å². The third-order valence-electron chi connectivity index (χ3n) is 5.61. The molecule has 0 aliphatic heterocycles. The number of hydrogen-bond donors (Lipinski definition) is 0. The van der Waals surface area contributed by atoms with Gasteiger partial charge in [-0.3, -0.25) is 2.78 Å². The number of para-hydroxylation sites is 1. The normalized spacial score (nSPS) is 12.2. The Balaban J connectivity index is 1.98. The lowest BCUT2D eigenvalue weighted by Gasteiger charge is -2.00. The van der Waals surface area contributed by atoms with E-state index in [0.29, 0.717) is 0 Å². The minimum Gasteiger partial charge on any atom is -0.344 e. The van der Waals surface area contributed by atoms with Crippen LogP contribution in [0.4, 0.5) is 0 Å². The SMILES string of the molecule is Cn1c2cc3ccccc3cc2c2c3c4ccccc4n(I)c3ccc21. The van der Waals surface area contributed by atoms with Crippen molar-refractivity contribution in [1.29, 1.82) is 0 Å². The van der Waals surface area contributed by atoms with E-state index in [1.807, 2.05) is 0 Å². The Morgan fingerprint density at radius 2 is 1.27 bits per heavy atom. The number of halogens is 1. The van der Waals surface area contributed by atoms with Gasteiger partial charge in [-0.05, 0) is 41.1 Å². The van der Waals surface area contributed by atoms with Gasteiger partial charge < -0.3 is 4.57 Å². The summed E-state index contributed by atoms with van der Waals surface area (Å²) < 4.78 is 4.61. The fourth-order valence-electron chi connectivity index (χ4n) is 4.39. The lowest BCUT2D eigenvalue weighted by Crippen LogP contribution is -1.86. The van der Waals surface area contributed by atoms with Crippen LogP contribution >= 0.6 is 22.9 Å². The molecule has 0 fully saturated rings. The number of hydrogen-bond acceptors (Lipinski definition) is 0. The van der Waals surface area contributed by atoms with Gasteiger partial charge in [0.05, 0.1) is 33.9 Å². The van der Waals surface area contributed by atoms with Gasteiger partial charge in [0, 0.05) is 39.6 Å². The van der Waals surface area contributed by atoms with Crippen molar-refractivity contribution in [3.63, 3.8) is 0 Å². The highest BCUT2D eigenvalue weighted by Gasteiger charge is 2.17. The molecule has 0 saturated carbocycles. The molecule has 0 N–H and O–H groups in total. The molecule has 4 aromatic carbocycles. The minimum absolute atomic E-state index is 1.27. The molecule has 2 nitrogen and oxygen atoms in total. The Bertz CT molecular complexity index is 1500. The lowest BCUT2D eigenvalue weighted by molar-refractivity contribution is 1.02. The van der Waals surface area contributed by atoms with Crippen LogP contribution in [0.5, 0.6) is 0 Å². The van der Waals surface area contributed by atoms with E-state index in [1.165, 1.54) is 54.4 Å². The molecule has 6 rings (SSSR count). The zero-order chi connectivity index (χ0) is 17.4. The van der Waals surface area contributed by atoms with Crippen LogP contribution in [0, 0.1) is 0 Å². The summed E-state index contributed by atoms with van der Waals surface area (Å²) in [5.74, 6) is 0. The lowest BCUT2D eigenvalue weighted by atomic mass is 10.0. The van der Waals surface area contributed by atoms with Gasteiger partial charge in [0.15, 0.2) is 0 Å². The quantitative estimate of drug-likeness (QED) is 0.228.